The number of benzene rings is 1. The average molecular weight is 572 g/mol. The number of carbonyl (C=O) groups excluding carboxylic acids is 4. The number of halogens is 2. The molecule has 6 atom stereocenters. The molecule has 0 radical (unpaired) electrons. The highest BCUT2D eigenvalue weighted by atomic mass is 79.9. The summed E-state index contributed by atoms with van der Waals surface area (Å²) in [6, 6.07) is 6.83. The van der Waals surface area contributed by atoms with Gasteiger partial charge in [0.05, 0.1) is 24.9 Å². The van der Waals surface area contributed by atoms with E-state index in [1.807, 2.05) is 6.92 Å². The largest absolute Gasteiger partial charge is 0.494 e. The number of esters is 1. The van der Waals surface area contributed by atoms with Crippen LogP contribution in [0.25, 0.3) is 0 Å². The second-order valence-electron chi connectivity index (χ2n) is 8.25. The second kappa shape index (κ2) is 9.51. The van der Waals surface area contributed by atoms with Crippen molar-refractivity contribution < 1.29 is 28.7 Å². The number of carbonyl (C=O) groups is 4. The summed E-state index contributed by atoms with van der Waals surface area (Å²) in [5.41, 5.74) is 0.555. The molecular weight excluding hydrogens is 548 g/mol. The molecule has 8 nitrogen and oxygen atoms in total. The summed E-state index contributed by atoms with van der Waals surface area (Å²) >= 11 is 7.30. The van der Waals surface area contributed by atoms with Crippen molar-refractivity contribution in [3.05, 3.63) is 24.3 Å². The lowest BCUT2D eigenvalue weighted by molar-refractivity contribution is -0.149. The third-order valence-electron chi connectivity index (χ3n) is 6.43. The van der Waals surface area contributed by atoms with Gasteiger partial charge < -0.3 is 14.8 Å². The average Bonchev–Trinajstić information content (AvgIpc) is 3.37. The molecule has 1 saturated heterocycles. The molecule has 172 valence electrons. The Kier molecular flexibility index (Phi) is 6.90. The molecule has 3 fully saturated rings. The van der Waals surface area contributed by atoms with Gasteiger partial charge in [0.2, 0.25) is 11.8 Å². The fraction of sp³-hybridized carbons (Fsp3) is 0.545. The minimum Gasteiger partial charge on any atom is -0.494 e. The number of ether oxygens (including phenoxy) is 2. The van der Waals surface area contributed by atoms with E-state index >= 15 is 0 Å². The smallest absolute Gasteiger partial charge is 0.308 e. The van der Waals surface area contributed by atoms with Gasteiger partial charge >= 0.3 is 5.97 Å². The zero-order valence-electron chi connectivity index (χ0n) is 17.5. The number of hydrogen-bond acceptors (Lipinski definition) is 6. The van der Waals surface area contributed by atoms with Crippen molar-refractivity contribution in [2.75, 3.05) is 25.1 Å². The summed E-state index contributed by atoms with van der Waals surface area (Å²) in [6.45, 7) is 1.96. The molecule has 1 N–H and O–H groups in total. The Morgan fingerprint density at radius 2 is 1.66 bits per heavy atom. The van der Waals surface area contributed by atoms with E-state index in [-0.39, 0.29) is 58.1 Å². The molecule has 2 bridgehead atoms. The number of fused-ring (bicyclic) bond motifs is 5. The van der Waals surface area contributed by atoms with Gasteiger partial charge in [-0.25, -0.2) is 0 Å². The highest BCUT2D eigenvalue weighted by Crippen LogP contribution is 2.60. The Bertz CT molecular complexity index is 892. The number of hydrogen-bond donors (Lipinski definition) is 1. The summed E-state index contributed by atoms with van der Waals surface area (Å²) in [7, 11) is 0. The Hall–Kier alpha value is -1.94. The standard InChI is InChI=1S/C22H24Br2N2O6/c1-2-31-12-5-3-11(4-6-12)25-15(27)10-32-16(28)7-8-26-21(29)17-13-9-14(18(17)22(26)30)20(24)19(13)23/h3-6,13-14,17-20H,2,7-10H2,1H3,(H,25,27)/t13-,14-,17-,18+,19+,20+/m1/s1. The van der Waals surface area contributed by atoms with Crippen LogP contribution in [0.4, 0.5) is 5.69 Å². The van der Waals surface area contributed by atoms with Crippen molar-refractivity contribution in [1.29, 1.82) is 0 Å². The normalized spacial score (nSPS) is 30.4. The lowest BCUT2D eigenvalue weighted by atomic mass is 9.81. The van der Waals surface area contributed by atoms with E-state index < -0.39 is 18.5 Å². The van der Waals surface area contributed by atoms with Crippen molar-refractivity contribution >= 4 is 61.2 Å². The number of imide groups is 1. The molecule has 3 amide bonds. The van der Waals surface area contributed by atoms with E-state index in [0.717, 1.165) is 6.42 Å². The SMILES string of the molecule is CCOc1ccc(NC(=O)COC(=O)CCN2C(=O)[C@@H]3[C@H]4C[C@@H]([C@H](Br)[C@H]4Br)[C@@H]3C2=O)cc1. The van der Waals surface area contributed by atoms with Crippen molar-refractivity contribution in [3.8, 4) is 5.75 Å². The van der Waals surface area contributed by atoms with Crippen LogP contribution in [-0.4, -0.2) is 58.0 Å². The monoisotopic (exact) mass is 570 g/mol. The van der Waals surface area contributed by atoms with Crippen LogP contribution in [0.15, 0.2) is 24.3 Å². The minimum absolute atomic E-state index is 0.0244. The summed E-state index contributed by atoms with van der Waals surface area (Å²) < 4.78 is 10.4. The van der Waals surface area contributed by atoms with Gasteiger partial charge in [-0.2, -0.15) is 0 Å². The lowest BCUT2D eigenvalue weighted by Crippen LogP contribution is -2.37. The number of nitrogens with zero attached hydrogens (tertiary/aromatic N) is 1. The zero-order chi connectivity index (χ0) is 23.0. The van der Waals surface area contributed by atoms with Gasteiger partial charge in [0, 0.05) is 21.9 Å². The van der Waals surface area contributed by atoms with Crippen LogP contribution in [0.1, 0.15) is 19.8 Å². The third kappa shape index (κ3) is 4.31. The first-order valence-electron chi connectivity index (χ1n) is 10.6. The molecule has 3 aliphatic rings. The zero-order valence-corrected chi connectivity index (χ0v) is 20.6. The fourth-order valence-electron chi connectivity index (χ4n) is 5.05. The third-order valence-corrected chi connectivity index (χ3v) is 9.64. The van der Waals surface area contributed by atoms with Crippen molar-refractivity contribution in [2.24, 2.45) is 23.7 Å². The molecular formula is C22H24Br2N2O6. The van der Waals surface area contributed by atoms with Gasteiger partial charge in [0.1, 0.15) is 5.75 Å². The van der Waals surface area contributed by atoms with Crippen LogP contribution < -0.4 is 10.1 Å². The van der Waals surface area contributed by atoms with Crippen LogP contribution in [0.2, 0.25) is 0 Å². The molecule has 10 heteroatoms. The van der Waals surface area contributed by atoms with Crippen LogP contribution >= 0.6 is 31.9 Å². The molecule has 32 heavy (non-hydrogen) atoms. The summed E-state index contributed by atoms with van der Waals surface area (Å²) in [5, 5.41) is 2.63. The fourth-order valence-corrected chi connectivity index (χ4v) is 6.92. The van der Waals surface area contributed by atoms with Crippen LogP contribution in [0, 0.1) is 23.7 Å². The lowest BCUT2D eigenvalue weighted by Gasteiger charge is -2.28. The molecule has 1 aromatic carbocycles. The van der Waals surface area contributed by atoms with E-state index in [1.54, 1.807) is 24.3 Å². The number of anilines is 1. The predicted octanol–water partition coefficient (Wildman–Crippen LogP) is 2.74. The maximum Gasteiger partial charge on any atom is 0.308 e. The highest BCUT2D eigenvalue weighted by Gasteiger charge is 2.66. The minimum atomic E-state index is -0.635. The first-order valence-corrected chi connectivity index (χ1v) is 12.5. The van der Waals surface area contributed by atoms with Gasteiger partial charge in [-0.3, -0.25) is 24.1 Å². The van der Waals surface area contributed by atoms with E-state index in [9.17, 15) is 19.2 Å². The molecule has 0 unspecified atom stereocenters. The van der Waals surface area contributed by atoms with E-state index in [4.69, 9.17) is 9.47 Å². The first-order chi connectivity index (χ1) is 15.3. The number of amides is 3. The summed E-state index contributed by atoms with van der Waals surface area (Å²) in [6.07, 6.45) is 0.718. The van der Waals surface area contributed by atoms with Crippen LogP contribution in [-0.2, 0) is 23.9 Å². The Morgan fingerprint density at radius 1 is 1.06 bits per heavy atom. The van der Waals surface area contributed by atoms with Crippen LogP contribution in [0.5, 0.6) is 5.75 Å². The van der Waals surface area contributed by atoms with Crippen molar-refractivity contribution in [3.63, 3.8) is 0 Å². The molecule has 1 heterocycles. The van der Waals surface area contributed by atoms with Gasteiger partial charge in [0.15, 0.2) is 6.61 Å². The molecule has 0 aromatic heterocycles. The van der Waals surface area contributed by atoms with E-state index in [1.165, 1.54) is 4.90 Å². The summed E-state index contributed by atoms with van der Waals surface area (Å²) in [5.74, 6) is -1.16. The Labute approximate surface area is 202 Å². The van der Waals surface area contributed by atoms with Crippen molar-refractivity contribution in [1.82, 2.24) is 4.90 Å². The quantitative estimate of drug-likeness (QED) is 0.292. The highest BCUT2D eigenvalue weighted by molar-refractivity contribution is 9.12. The number of alkyl halides is 2. The molecule has 0 spiro atoms. The van der Waals surface area contributed by atoms with Gasteiger partial charge in [-0.15, -0.1) is 0 Å². The molecule has 1 aromatic rings. The predicted molar refractivity (Wildman–Crippen MR) is 123 cm³/mol. The van der Waals surface area contributed by atoms with Crippen molar-refractivity contribution in [2.45, 2.75) is 29.4 Å². The van der Waals surface area contributed by atoms with E-state index in [2.05, 4.69) is 37.2 Å². The maximum atomic E-state index is 12.8. The number of likely N-dealkylation sites (tertiary alicyclic amines) is 1. The molecule has 2 saturated carbocycles. The second-order valence-corrected chi connectivity index (χ2v) is 10.4. The molecule has 1 aliphatic heterocycles. The van der Waals surface area contributed by atoms with Gasteiger partial charge in [-0.1, -0.05) is 31.9 Å². The number of rotatable bonds is 8. The first kappa shape index (κ1) is 23.2. The summed E-state index contributed by atoms with van der Waals surface area (Å²) in [4.78, 5) is 51.3. The van der Waals surface area contributed by atoms with Gasteiger partial charge in [0.25, 0.3) is 5.91 Å². The Morgan fingerprint density at radius 3 is 2.22 bits per heavy atom. The Balaban J connectivity index is 1.23. The molecule has 4 rings (SSSR count). The van der Waals surface area contributed by atoms with Gasteiger partial charge in [-0.05, 0) is 49.4 Å². The topological polar surface area (TPSA) is 102 Å². The molecule has 2 aliphatic carbocycles. The van der Waals surface area contributed by atoms with E-state index in [0.29, 0.717) is 18.0 Å². The van der Waals surface area contributed by atoms with Crippen LogP contribution in [0.3, 0.4) is 0 Å². The number of nitrogens with one attached hydrogen (secondary N) is 1. The maximum absolute atomic E-state index is 12.8.